The summed E-state index contributed by atoms with van der Waals surface area (Å²) in [5.41, 5.74) is 3.64. The van der Waals surface area contributed by atoms with Crippen molar-refractivity contribution in [3.05, 3.63) is 29.5 Å². The molecule has 1 aliphatic carbocycles. The Morgan fingerprint density at radius 1 is 1.50 bits per heavy atom. The fourth-order valence-electron chi connectivity index (χ4n) is 2.86. The lowest BCUT2D eigenvalue weighted by Crippen LogP contribution is -2.13. The van der Waals surface area contributed by atoms with Gasteiger partial charge in [-0.2, -0.15) is 5.26 Å². The fourth-order valence-corrected chi connectivity index (χ4v) is 2.86. The van der Waals surface area contributed by atoms with Gasteiger partial charge < -0.3 is 9.67 Å². The Balaban J connectivity index is 2.24. The molecule has 1 unspecified atom stereocenters. The summed E-state index contributed by atoms with van der Waals surface area (Å²) in [7, 11) is 5.90. The summed E-state index contributed by atoms with van der Waals surface area (Å²) < 4.78 is 2.03. The number of nitrogens with zero attached hydrogens (tertiary/aromatic N) is 2. The maximum Gasteiger partial charge on any atom is 0.124 e. The zero-order valence-electron chi connectivity index (χ0n) is 11.6. The number of rotatable bonds is 4. The molecular weight excluding hydrogens is 247 g/mol. The van der Waals surface area contributed by atoms with Crippen molar-refractivity contribution in [2.24, 2.45) is 5.92 Å². The molecule has 20 heavy (non-hydrogen) atoms. The lowest BCUT2D eigenvalue weighted by Gasteiger charge is -2.12. The van der Waals surface area contributed by atoms with Gasteiger partial charge in [-0.3, -0.25) is 0 Å². The van der Waals surface area contributed by atoms with E-state index in [9.17, 15) is 10.4 Å². The SMILES string of the molecule is [B]c1ccc2c(C3CC3)c(C#N)n(CC(C)CO)c2c1. The molecule has 1 aliphatic rings. The van der Waals surface area contributed by atoms with E-state index in [1.165, 1.54) is 5.56 Å². The monoisotopic (exact) mass is 264 g/mol. The van der Waals surface area contributed by atoms with Crippen LogP contribution in [0.25, 0.3) is 10.9 Å². The number of benzene rings is 1. The lowest BCUT2D eigenvalue weighted by atomic mass is 9.94. The summed E-state index contributed by atoms with van der Waals surface area (Å²) in [6, 6.07) is 8.23. The van der Waals surface area contributed by atoms with Gasteiger partial charge in [-0.1, -0.05) is 24.5 Å². The van der Waals surface area contributed by atoms with Gasteiger partial charge in [0.2, 0.25) is 0 Å². The minimum Gasteiger partial charge on any atom is -0.396 e. The molecule has 0 aliphatic heterocycles. The summed E-state index contributed by atoms with van der Waals surface area (Å²) in [5.74, 6) is 0.632. The first-order valence-corrected chi connectivity index (χ1v) is 7.08. The van der Waals surface area contributed by atoms with E-state index >= 15 is 0 Å². The molecule has 1 aromatic heterocycles. The number of aliphatic hydroxyl groups excluding tert-OH is 1. The highest BCUT2D eigenvalue weighted by atomic mass is 16.3. The van der Waals surface area contributed by atoms with Crippen LogP contribution >= 0.6 is 0 Å². The van der Waals surface area contributed by atoms with Gasteiger partial charge in [-0.05, 0) is 36.3 Å². The molecule has 3 rings (SSSR count). The molecule has 1 N–H and O–H groups in total. The van der Waals surface area contributed by atoms with Gasteiger partial charge in [0, 0.05) is 24.1 Å². The van der Waals surface area contributed by atoms with Crippen LogP contribution in [-0.2, 0) is 6.54 Å². The maximum atomic E-state index is 9.57. The third-order valence-corrected chi connectivity index (χ3v) is 4.03. The average Bonchev–Trinajstić information content (AvgIpc) is 3.23. The molecule has 0 bridgehead atoms. The number of hydrogen-bond donors (Lipinski definition) is 1. The van der Waals surface area contributed by atoms with Crippen molar-refractivity contribution in [2.75, 3.05) is 6.61 Å². The van der Waals surface area contributed by atoms with Crippen LogP contribution in [0.5, 0.6) is 0 Å². The average molecular weight is 264 g/mol. The van der Waals surface area contributed by atoms with E-state index in [-0.39, 0.29) is 12.5 Å². The number of aliphatic hydroxyl groups is 1. The van der Waals surface area contributed by atoms with E-state index in [1.807, 2.05) is 29.7 Å². The largest absolute Gasteiger partial charge is 0.396 e. The Bertz CT molecular complexity index is 695. The molecular formula is C16H17BN2O. The van der Waals surface area contributed by atoms with Crippen LogP contribution in [0.3, 0.4) is 0 Å². The summed E-state index contributed by atoms with van der Waals surface area (Å²) in [6.07, 6.45) is 2.32. The quantitative estimate of drug-likeness (QED) is 0.856. The van der Waals surface area contributed by atoms with Crippen molar-refractivity contribution in [2.45, 2.75) is 32.2 Å². The Kier molecular flexibility index (Phi) is 3.31. The molecule has 2 radical (unpaired) electrons. The van der Waals surface area contributed by atoms with Crippen LogP contribution in [0.1, 0.15) is 36.9 Å². The summed E-state index contributed by atoms with van der Waals surface area (Å²) in [5, 5.41) is 20.0. The first-order valence-electron chi connectivity index (χ1n) is 7.08. The molecule has 1 atom stereocenters. The van der Waals surface area contributed by atoms with Crippen LogP contribution in [0.4, 0.5) is 0 Å². The fraction of sp³-hybridized carbons (Fsp3) is 0.438. The van der Waals surface area contributed by atoms with Crippen molar-refractivity contribution >= 4 is 24.2 Å². The van der Waals surface area contributed by atoms with Gasteiger partial charge in [-0.15, -0.1) is 0 Å². The molecule has 2 aromatic rings. The zero-order chi connectivity index (χ0) is 14.3. The van der Waals surface area contributed by atoms with Gasteiger partial charge in [-0.25, -0.2) is 0 Å². The molecule has 1 saturated carbocycles. The number of aromatic nitrogens is 1. The lowest BCUT2D eigenvalue weighted by molar-refractivity contribution is 0.224. The predicted molar refractivity (Wildman–Crippen MR) is 80.3 cm³/mol. The van der Waals surface area contributed by atoms with E-state index in [4.69, 9.17) is 7.85 Å². The highest BCUT2D eigenvalue weighted by Crippen LogP contribution is 2.45. The summed E-state index contributed by atoms with van der Waals surface area (Å²) >= 11 is 0. The molecule has 1 fully saturated rings. The van der Waals surface area contributed by atoms with Crippen LogP contribution in [0.2, 0.25) is 0 Å². The molecule has 100 valence electrons. The Morgan fingerprint density at radius 2 is 2.25 bits per heavy atom. The summed E-state index contributed by atoms with van der Waals surface area (Å²) in [4.78, 5) is 0. The molecule has 1 heterocycles. The molecule has 4 heteroatoms. The highest BCUT2D eigenvalue weighted by Gasteiger charge is 2.31. The first kappa shape index (κ1) is 13.3. The standard InChI is InChI=1S/C16H17BN2O/c1-10(9-20)8-19-14-6-12(17)4-5-13(14)16(11-2-3-11)15(19)7-18/h4-6,10-11,20H,2-3,8-9H2,1H3. The van der Waals surface area contributed by atoms with Crippen molar-refractivity contribution in [3.63, 3.8) is 0 Å². The van der Waals surface area contributed by atoms with Gasteiger partial charge >= 0.3 is 0 Å². The van der Waals surface area contributed by atoms with Gasteiger partial charge in [0.05, 0.1) is 0 Å². The normalized spacial score (nSPS) is 16.2. The Morgan fingerprint density at radius 3 is 2.85 bits per heavy atom. The number of fused-ring (bicyclic) bond motifs is 1. The van der Waals surface area contributed by atoms with Crippen LogP contribution in [-0.4, -0.2) is 24.1 Å². The van der Waals surface area contributed by atoms with Crippen LogP contribution < -0.4 is 5.46 Å². The maximum absolute atomic E-state index is 9.57. The van der Waals surface area contributed by atoms with Gasteiger partial charge in [0.1, 0.15) is 19.6 Å². The third-order valence-electron chi connectivity index (χ3n) is 4.03. The first-order chi connectivity index (χ1) is 9.65. The van der Waals surface area contributed by atoms with E-state index in [1.54, 1.807) is 0 Å². The van der Waals surface area contributed by atoms with Gasteiger partial charge in [0.25, 0.3) is 0 Å². The third kappa shape index (κ3) is 2.12. The van der Waals surface area contributed by atoms with E-state index in [2.05, 4.69) is 6.07 Å². The molecule has 1 aromatic carbocycles. The second-order valence-electron chi connectivity index (χ2n) is 5.82. The smallest absolute Gasteiger partial charge is 0.124 e. The van der Waals surface area contributed by atoms with E-state index in [0.717, 1.165) is 29.4 Å². The number of hydrogen-bond acceptors (Lipinski definition) is 2. The Hall–Kier alpha value is -1.73. The second kappa shape index (κ2) is 4.99. The minimum atomic E-state index is 0.117. The minimum absolute atomic E-state index is 0.117. The van der Waals surface area contributed by atoms with Crippen molar-refractivity contribution in [1.29, 1.82) is 5.26 Å². The zero-order valence-corrected chi connectivity index (χ0v) is 11.6. The molecule has 3 nitrogen and oxygen atoms in total. The topological polar surface area (TPSA) is 49.0 Å². The van der Waals surface area contributed by atoms with Gasteiger partial charge in [0.15, 0.2) is 0 Å². The Labute approximate surface area is 120 Å². The second-order valence-corrected chi connectivity index (χ2v) is 5.82. The molecule has 0 spiro atoms. The van der Waals surface area contributed by atoms with E-state index in [0.29, 0.717) is 17.9 Å². The van der Waals surface area contributed by atoms with Crippen LogP contribution in [0, 0.1) is 17.2 Å². The number of nitriles is 1. The highest BCUT2D eigenvalue weighted by molar-refractivity contribution is 6.33. The van der Waals surface area contributed by atoms with Crippen molar-refractivity contribution in [3.8, 4) is 6.07 Å². The van der Waals surface area contributed by atoms with Crippen LogP contribution in [0.15, 0.2) is 18.2 Å². The van der Waals surface area contributed by atoms with E-state index < -0.39 is 0 Å². The van der Waals surface area contributed by atoms with Crippen molar-refractivity contribution < 1.29 is 5.11 Å². The summed E-state index contributed by atoms with van der Waals surface area (Å²) in [6.45, 7) is 2.74. The molecule has 0 amide bonds. The predicted octanol–water partition coefficient (Wildman–Crippen LogP) is 1.81. The van der Waals surface area contributed by atoms with Crippen molar-refractivity contribution in [1.82, 2.24) is 4.57 Å². The molecule has 0 saturated heterocycles.